The van der Waals surface area contributed by atoms with Gasteiger partial charge in [-0.2, -0.15) is 0 Å². The highest BCUT2D eigenvalue weighted by Gasteiger charge is 2.22. The van der Waals surface area contributed by atoms with Crippen LogP contribution in [0.25, 0.3) is 0 Å². The van der Waals surface area contributed by atoms with Crippen LogP contribution in [-0.2, 0) is 15.6 Å². The number of carbonyl (C=O) groups is 1. The van der Waals surface area contributed by atoms with Crippen molar-refractivity contribution in [2.45, 2.75) is 10.6 Å². The van der Waals surface area contributed by atoms with Crippen LogP contribution in [0.4, 0.5) is 0 Å². The van der Waals surface area contributed by atoms with E-state index in [0.29, 0.717) is 10.6 Å². The summed E-state index contributed by atoms with van der Waals surface area (Å²) in [4.78, 5) is 10.9. The summed E-state index contributed by atoms with van der Waals surface area (Å²) in [7, 11) is -3.80. The molecule has 0 saturated heterocycles. The van der Waals surface area contributed by atoms with Crippen molar-refractivity contribution in [1.82, 2.24) is 0 Å². The van der Waals surface area contributed by atoms with Gasteiger partial charge in [0.1, 0.15) is 0 Å². The lowest BCUT2D eigenvalue weighted by Crippen LogP contribution is -2.11. The first-order valence-corrected chi connectivity index (χ1v) is 8.21. The number of benzene rings is 2. The van der Waals surface area contributed by atoms with Gasteiger partial charge in [0.25, 0.3) is 0 Å². The molecule has 0 amide bonds. The fraction of sp³-hybridized carbons (Fsp3) is 0.0714. The normalized spacial score (nSPS) is 11.3. The number of aromatic carboxylic acids is 1. The molecule has 2 aromatic carbocycles. The van der Waals surface area contributed by atoms with Gasteiger partial charge in [0.05, 0.1) is 26.3 Å². The highest BCUT2D eigenvalue weighted by atomic mass is 35.5. The molecule has 0 aliphatic heterocycles. The van der Waals surface area contributed by atoms with Crippen LogP contribution in [0, 0.1) is 0 Å². The summed E-state index contributed by atoms with van der Waals surface area (Å²) in [5.41, 5.74) is 0.183. The Labute approximate surface area is 131 Å². The molecule has 0 saturated carbocycles. The van der Waals surface area contributed by atoms with E-state index < -0.39 is 15.8 Å². The van der Waals surface area contributed by atoms with Gasteiger partial charge in [-0.05, 0) is 29.8 Å². The lowest BCUT2D eigenvalue weighted by atomic mass is 10.2. The van der Waals surface area contributed by atoms with Gasteiger partial charge in [0.15, 0.2) is 9.84 Å². The van der Waals surface area contributed by atoms with Crippen LogP contribution in [0.2, 0.25) is 10.0 Å². The predicted molar refractivity (Wildman–Crippen MR) is 80.8 cm³/mol. The fourth-order valence-electron chi connectivity index (χ4n) is 1.84. The molecule has 21 heavy (non-hydrogen) atoms. The van der Waals surface area contributed by atoms with Crippen LogP contribution < -0.4 is 0 Å². The van der Waals surface area contributed by atoms with Gasteiger partial charge in [-0.25, -0.2) is 13.2 Å². The molecule has 0 heterocycles. The molecule has 2 aromatic rings. The maximum Gasteiger partial charge on any atom is 0.337 e. The Kier molecular flexibility index (Phi) is 4.56. The van der Waals surface area contributed by atoms with Gasteiger partial charge in [0.2, 0.25) is 0 Å². The van der Waals surface area contributed by atoms with Gasteiger partial charge in [-0.3, -0.25) is 0 Å². The Balaban J connectivity index is 2.43. The smallest absolute Gasteiger partial charge is 0.337 e. The average Bonchev–Trinajstić information content (AvgIpc) is 2.42. The van der Waals surface area contributed by atoms with E-state index in [1.807, 2.05) is 0 Å². The molecule has 0 spiro atoms. The molecule has 0 radical (unpaired) electrons. The molecule has 0 aliphatic carbocycles. The van der Waals surface area contributed by atoms with Gasteiger partial charge in [-0.1, -0.05) is 41.4 Å². The highest BCUT2D eigenvalue weighted by molar-refractivity contribution is 7.90. The molecule has 2 rings (SSSR count). The third-order valence-corrected chi connectivity index (χ3v) is 5.27. The Morgan fingerprint density at radius 3 is 2.33 bits per heavy atom. The van der Waals surface area contributed by atoms with Gasteiger partial charge in [-0.15, -0.1) is 0 Å². The molecule has 110 valence electrons. The molecule has 0 fully saturated rings. The zero-order chi connectivity index (χ0) is 15.6. The van der Waals surface area contributed by atoms with E-state index in [1.165, 1.54) is 42.5 Å². The van der Waals surface area contributed by atoms with Gasteiger partial charge < -0.3 is 5.11 Å². The predicted octanol–water partition coefficient (Wildman–Crippen LogP) is 3.67. The van der Waals surface area contributed by atoms with Crippen molar-refractivity contribution in [3.63, 3.8) is 0 Å². The Morgan fingerprint density at radius 2 is 1.71 bits per heavy atom. The van der Waals surface area contributed by atoms with Crippen molar-refractivity contribution in [1.29, 1.82) is 0 Å². The second-order valence-electron chi connectivity index (χ2n) is 4.31. The minimum atomic E-state index is -3.80. The number of hydrogen-bond donors (Lipinski definition) is 1. The van der Waals surface area contributed by atoms with E-state index >= 15 is 0 Å². The minimum Gasteiger partial charge on any atom is -0.478 e. The zero-order valence-corrected chi connectivity index (χ0v) is 12.9. The maximum absolute atomic E-state index is 12.4. The summed E-state index contributed by atoms with van der Waals surface area (Å²) in [5.74, 6) is -1.64. The van der Waals surface area contributed by atoms with E-state index in [-0.39, 0.29) is 21.2 Å². The Hall–Kier alpha value is -1.56. The van der Waals surface area contributed by atoms with Crippen LogP contribution in [-0.4, -0.2) is 19.5 Å². The number of halogens is 2. The summed E-state index contributed by atoms with van der Waals surface area (Å²) >= 11 is 11.6. The van der Waals surface area contributed by atoms with Crippen LogP contribution >= 0.6 is 23.2 Å². The topological polar surface area (TPSA) is 71.4 Å². The largest absolute Gasteiger partial charge is 0.478 e. The van der Waals surface area contributed by atoms with Crippen molar-refractivity contribution in [2.24, 2.45) is 0 Å². The van der Waals surface area contributed by atoms with Crippen molar-refractivity contribution in [3.05, 3.63) is 63.6 Å². The number of sulfone groups is 1. The lowest BCUT2D eigenvalue weighted by Gasteiger charge is -2.08. The molecule has 0 atom stereocenters. The number of carboxylic acids is 1. The summed E-state index contributed by atoms with van der Waals surface area (Å²) in [6.45, 7) is 0. The standard InChI is InChI=1S/C14H10Cl2O4S/c15-11-6-5-9(7-12(11)16)8-21(19,20)13-4-2-1-3-10(13)14(17)18/h1-7H,8H2,(H,17,18). The molecular formula is C14H10Cl2O4S. The van der Waals surface area contributed by atoms with Crippen molar-refractivity contribution in [2.75, 3.05) is 0 Å². The molecule has 0 unspecified atom stereocenters. The molecule has 0 bridgehead atoms. The molecule has 4 nitrogen and oxygen atoms in total. The first-order valence-electron chi connectivity index (χ1n) is 5.80. The third kappa shape index (κ3) is 3.56. The molecular weight excluding hydrogens is 335 g/mol. The third-order valence-electron chi connectivity index (χ3n) is 2.79. The van der Waals surface area contributed by atoms with Crippen LogP contribution in [0.1, 0.15) is 15.9 Å². The highest BCUT2D eigenvalue weighted by Crippen LogP contribution is 2.26. The second kappa shape index (κ2) is 6.05. The summed E-state index contributed by atoms with van der Waals surface area (Å²) in [5, 5.41) is 9.64. The average molecular weight is 345 g/mol. The molecule has 7 heteroatoms. The van der Waals surface area contributed by atoms with Gasteiger partial charge >= 0.3 is 5.97 Å². The monoisotopic (exact) mass is 344 g/mol. The van der Waals surface area contributed by atoms with E-state index in [0.717, 1.165) is 0 Å². The van der Waals surface area contributed by atoms with Crippen molar-refractivity contribution >= 4 is 39.0 Å². The Morgan fingerprint density at radius 1 is 1.05 bits per heavy atom. The molecule has 1 N–H and O–H groups in total. The van der Waals surface area contributed by atoms with E-state index in [2.05, 4.69) is 0 Å². The molecule has 0 aliphatic rings. The maximum atomic E-state index is 12.4. The zero-order valence-electron chi connectivity index (χ0n) is 10.6. The fourth-order valence-corrected chi connectivity index (χ4v) is 3.71. The number of carboxylic acid groups (broad SMARTS) is 1. The lowest BCUT2D eigenvalue weighted by molar-refractivity contribution is 0.0692. The first kappa shape index (κ1) is 15.8. The molecule has 0 aromatic heterocycles. The van der Waals surface area contributed by atoms with Crippen LogP contribution in [0.15, 0.2) is 47.4 Å². The second-order valence-corrected chi connectivity index (χ2v) is 7.08. The summed E-state index contributed by atoms with van der Waals surface area (Å²) in [6.07, 6.45) is 0. The van der Waals surface area contributed by atoms with E-state index in [9.17, 15) is 13.2 Å². The minimum absolute atomic E-state index is 0.219. The van der Waals surface area contributed by atoms with Gasteiger partial charge in [0, 0.05) is 0 Å². The summed E-state index contributed by atoms with van der Waals surface area (Å²) < 4.78 is 24.8. The number of rotatable bonds is 4. The van der Waals surface area contributed by atoms with Crippen molar-refractivity contribution < 1.29 is 18.3 Å². The van der Waals surface area contributed by atoms with Crippen LogP contribution in [0.3, 0.4) is 0 Å². The van der Waals surface area contributed by atoms with E-state index in [4.69, 9.17) is 28.3 Å². The SMILES string of the molecule is O=C(O)c1ccccc1S(=O)(=O)Cc1ccc(Cl)c(Cl)c1. The Bertz CT molecular complexity index is 800. The van der Waals surface area contributed by atoms with E-state index in [1.54, 1.807) is 0 Å². The first-order chi connectivity index (χ1) is 9.81. The number of hydrogen-bond acceptors (Lipinski definition) is 3. The quantitative estimate of drug-likeness (QED) is 0.918. The van der Waals surface area contributed by atoms with Crippen LogP contribution in [0.5, 0.6) is 0 Å². The summed E-state index contributed by atoms with van der Waals surface area (Å²) in [6, 6.07) is 9.97. The van der Waals surface area contributed by atoms with Crippen molar-refractivity contribution in [3.8, 4) is 0 Å².